The van der Waals surface area contributed by atoms with Gasteiger partial charge in [0.25, 0.3) is 0 Å². The van der Waals surface area contributed by atoms with Gasteiger partial charge in [-0.2, -0.15) is 0 Å². The molecule has 114 valence electrons. The summed E-state index contributed by atoms with van der Waals surface area (Å²) >= 11 is 0. The highest BCUT2D eigenvalue weighted by molar-refractivity contribution is 5.79. The van der Waals surface area contributed by atoms with Gasteiger partial charge in [0.05, 0.1) is 0 Å². The SMILES string of the molecule is CCCCCCCCCCCCCCC(=O)CON. The summed E-state index contributed by atoms with van der Waals surface area (Å²) in [6.07, 6.45) is 16.4. The van der Waals surface area contributed by atoms with Crippen molar-refractivity contribution < 1.29 is 9.63 Å². The summed E-state index contributed by atoms with van der Waals surface area (Å²) < 4.78 is 0. The van der Waals surface area contributed by atoms with E-state index in [1.54, 1.807) is 0 Å². The van der Waals surface area contributed by atoms with Crippen LogP contribution in [0, 0.1) is 0 Å². The third-order valence-electron chi connectivity index (χ3n) is 3.55. The molecule has 3 heteroatoms. The average Bonchev–Trinajstić information content (AvgIpc) is 2.40. The summed E-state index contributed by atoms with van der Waals surface area (Å²) in [6.45, 7) is 2.33. The summed E-state index contributed by atoms with van der Waals surface area (Å²) in [5, 5.41) is 0. The van der Waals surface area contributed by atoms with Crippen molar-refractivity contribution in [3.63, 3.8) is 0 Å². The monoisotopic (exact) mass is 271 g/mol. The Balaban J connectivity index is 3.01. The normalized spacial score (nSPS) is 10.8. The number of ketones is 1. The molecule has 0 aliphatic carbocycles. The predicted octanol–water partition coefficient (Wildman–Crippen LogP) is 4.54. The fourth-order valence-electron chi connectivity index (χ4n) is 2.33. The summed E-state index contributed by atoms with van der Waals surface area (Å²) in [6, 6.07) is 0. The average molecular weight is 271 g/mol. The maximum atomic E-state index is 11.1. The summed E-state index contributed by atoms with van der Waals surface area (Å²) in [7, 11) is 0. The molecule has 0 aromatic carbocycles. The van der Waals surface area contributed by atoms with Gasteiger partial charge in [-0.15, -0.1) is 0 Å². The molecule has 0 spiro atoms. The van der Waals surface area contributed by atoms with E-state index in [0.717, 1.165) is 12.8 Å². The highest BCUT2D eigenvalue weighted by Crippen LogP contribution is 2.12. The van der Waals surface area contributed by atoms with Crippen LogP contribution in [0.2, 0.25) is 0 Å². The van der Waals surface area contributed by atoms with Crippen LogP contribution in [0.1, 0.15) is 90.4 Å². The van der Waals surface area contributed by atoms with Crippen molar-refractivity contribution in [2.24, 2.45) is 5.90 Å². The molecule has 0 aromatic heterocycles. The Morgan fingerprint density at radius 2 is 1.21 bits per heavy atom. The molecule has 0 fully saturated rings. The highest BCUT2D eigenvalue weighted by atomic mass is 16.6. The first-order valence-electron chi connectivity index (χ1n) is 8.14. The van der Waals surface area contributed by atoms with Crippen molar-refractivity contribution in [3.05, 3.63) is 0 Å². The number of rotatable bonds is 15. The van der Waals surface area contributed by atoms with Crippen LogP contribution < -0.4 is 5.90 Å². The predicted molar refractivity (Wildman–Crippen MR) is 80.8 cm³/mol. The van der Waals surface area contributed by atoms with E-state index in [0.29, 0.717) is 6.42 Å². The van der Waals surface area contributed by atoms with Crippen LogP contribution in [0.25, 0.3) is 0 Å². The van der Waals surface area contributed by atoms with Gasteiger partial charge in [0.2, 0.25) is 0 Å². The van der Waals surface area contributed by atoms with Crippen molar-refractivity contribution in [2.45, 2.75) is 90.4 Å². The van der Waals surface area contributed by atoms with Crippen LogP contribution in [-0.4, -0.2) is 12.4 Å². The molecule has 0 aromatic rings. The Kier molecular flexibility index (Phi) is 15.3. The summed E-state index contributed by atoms with van der Waals surface area (Å²) in [4.78, 5) is 15.4. The molecule has 0 saturated carbocycles. The zero-order valence-electron chi connectivity index (χ0n) is 12.8. The second-order valence-corrected chi connectivity index (χ2v) is 5.49. The maximum Gasteiger partial charge on any atom is 0.160 e. The smallest absolute Gasteiger partial charge is 0.160 e. The molecular weight excluding hydrogens is 238 g/mol. The van der Waals surface area contributed by atoms with Crippen LogP contribution in [0.3, 0.4) is 0 Å². The molecule has 2 N–H and O–H groups in total. The van der Waals surface area contributed by atoms with Crippen LogP contribution in [0.5, 0.6) is 0 Å². The fraction of sp³-hybridized carbons (Fsp3) is 0.938. The van der Waals surface area contributed by atoms with E-state index in [1.807, 2.05) is 0 Å². The third-order valence-corrected chi connectivity index (χ3v) is 3.55. The number of unbranched alkanes of at least 4 members (excludes halogenated alkanes) is 11. The maximum absolute atomic E-state index is 11.1. The van der Waals surface area contributed by atoms with Crippen LogP contribution in [-0.2, 0) is 9.63 Å². The largest absolute Gasteiger partial charge is 0.297 e. The van der Waals surface area contributed by atoms with Gasteiger partial charge in [-0.05, 0) is 6.42 Å². The molecule has 0 aliphatic rings. The molecule has 19 heavy (non-hydrogen) atoms. The quantitative estimate of drug-likeness (QED) is 0.351. The molecule has 0 bridgehead atoms. The van der Waals surface area contributed by atoms with Gasteiger partial charge < -0.3 is 0 Å². The standard InChI is InChI=1S/C16H33NO2/c1-2-3-4-5-6-7-8-9-10-11-12-13-14-16(18)15-19-17/h2-15,17H2,1H3. The van der Waals surface area contributed by atoms with Gasteiger partial charge in [0, 0.05) is 6.42 Å². The summed E-state index contributed by atoms with van der Waals surface area (Å²) in [5.41, 5.74) is 0. The number of hydrogen-bond donors (Lipinski definition) is 1. The lowest BCUT2D eigenvalue weighted by molar-refractivity contribution is -0.123. The number of carbonyl (C=O) groups excluding carboxylic acids is 1. The Bertz CT molecular complexity index is 195. The molecular formula is C16H33NO2. The van der Waals surface area contributed by atoms with E-state index in [9.17, 15) is 4.79 Å². The molecule has 0 unspecified atom stereocenters. The van der Waals surface area contributed by atoms with E-state index >= 15 is 0 Å². The molecule has 0 atom stereocenters. The molecule has 0 radical (unpaired) electrons. The number of hydrogen-bond acceptors (Lipinski definition) is 3. The van der Waals surface area contributed by atoms with E-state index in [4.69, 9.17) is 5.90 Å². The van der Waals surface area contributed by atoms with Crippen molar-refractivity contribution in [1.29, 1.82) is 0 Å². The zero-order valence-corrected chi connectivity index (χ0v) is 12.8. The van der Waals surface area contributed by atoms with E-state index < -0.39 is 0 Å². The van der Waals surface area contributed by atoms with Gasteiger partial charge in [-0.1, -0.05) is 77.6 Å². The van der Waals surface area contributed by atoms with E-state index in [2.05, 4.69) is 11.8 Å². The minimum atomic E-state index is 0.0675. The lowest BCUT2D eigenvalue weighted by atomic mass is 10.0. The fourth-order valence-corrected chi connectivity index (χ4v) is 2.33. The minimum absolute atomic E-state index is 0.0675. The van der Waals surface area contributed by atoms with E-state index in [1.165, 1.54) is 64.2 Å². The summed E-state index contributed by atoms with van der Waals surface area (Å²) in [5.74, 6) is 4.97. The Morgan fingerprint density at radius 1 is 0.789 bits per heavy atom. The second kappa shape index (κ2) is 15.6. The van der Waals surface area contributed by atoms with Crippen LogP contribution in [0.15, 0.2) is 0 Å². The van der Waals surface area contributed by atoms with Crippen LogP contribution >= 0.6 is 0 Å². The molecule has 0 aliphatic heterocycles. The van der Waals surface area contributed by atoms with Gasteiger partial charge in [-0.3, -0.25) is 9.63 Å². The Morgan fingerprint density at radius 3 is 1.63 bits per heavy atom. The first kappa shape index (κ1) is 18.6. The number of carbonyl (C=O) groups is 1. The second-order valence-electron chi connectivity index (χ2n) is 5.49. The lowest BCUT2D eigenvalue weighted by Crippen LogP contribution is -2.11. The zero-order chi connectivity index (χ0) is 14.2. The molecule has 0 saturated heterocycles. The number of nitrogens with two attached hydrogens (primary N) is 1. The van der Waals surface area contributed by atoms with Crippen molar-refractivity contribution in [3.8, 4) is 0 Å². The van der Waals surface area contributed by atoms with Gasteiger partial charge >= 0.3 is 0 Å². The van der Waals surface area contributed by atoms with Gasteiger partial charge in [-0.25, -0.2) is 5.90 Å². The lowest BCUT2D eigenvalue weighted by Gasteiger charge is -2.02. The minimum Gasteiger partial charge on any atom is -0.297 e. The molecule has 0 heterocycles. The van der Waals surface area contributed by atoms with Crippen LogP contribution in [0.4, 0.5) is 0 Å². The highest BCUT2D eigenvalue weighted by Gasteiger charge is 2.00. The first-order chi connectivity index (χ1) is 9.31. The topological polar surface area (TPSA) is 52.3 Å². The molecule has 0 amide bonds. The van der Waals surface area contributed by atoms with E-state index in [-0.39, 0.29) is 12.4 Å². The van der Waals surface area contributed by atoms with Gasteiger partial charge in [0.15, 0.2) is 5.78 Å². The molecule has 0 rings (SSSR count). The van der Waals surface area contributed by atoms with Crippen molar-refractivity contribution >= 4 is 5.78 Å². The third kappa shape index (κ3) is 15.5. The Hall–Kier alpha value is -0.410. The number of Topliss-reactive ketones (excluding diaryl/α,β-unsaturated/α-hetero) is 1. The van der Waals surface area contributed by atoms with Crippen molar-refractivity contribution in [2.75, 3.05) is 6.61 Å². The Labute approximate surface area is 119 Å². The van der Waals surface area contributed by atoms with Crippen molar-refractivity contribution in [1.82, 2.24) is 0 Å². The van der Waals surface area contributed by atoms with Gasteiger partial charge in [0.1, 0.15) is 6.61 Å². The first-order valence-corrected chi connectivity index (χ1v) is 8.14. The molecule has 3 nitrogen and oxygen atoms in total.